The average molecular weight is 297 g/mol. The zero-order valence-corrected chi connectivity index (χ0v) is 11.4. The molecule has 1 N–H and O–H groups in total. The van der Waals surface area contributed by atoms with Gasteiger partial charge in [-0.05, 0) is 24.6 Å². The Morgan fingerprint density at radius 3 is 3.06 bits per heavy atom. The molecule has 0 amide bonds. The smallest absolute Gasteiger partial charge is 0.0795 e. The Bertz CT molecular complexity index is 442. The first-order valence-electron chi connectivity index (χ1n) is 5.11. The van der Waals surface area contributed by atoms with Crippen LogP contribution >= 0.6 is 27.3 Å². The average Bonchev–Trinajstić information content (AvgIpc) is 2.78. The molecule has 2 aromatic rings. The summed E-state index contributed by atoms with van der Waals surface area (Å²) in [5, 5.41) is 5.52. The molecule has 84 valence electrons. The fourth-order valence-electron chi connectivity index (χ4n) is 1.48. The van der Waals surface area contributed by atoms with Gasteiger partial charge in [-0.3, -0.25) is 0 Å². The van der Waals surface area contributed by atoms with E-state index >= 15 is 0 Å². The number of hydrogen-bond donors (Lipinski definition) is 1. The molecule has 0 saturated heterocycles. The SMILES string of the molecule is CC(NCc1cscn1)c1cccc(Br)c1. The van der Waals surface area contributed by atoms with Gasteiger partial charge in [-0.15, -0.1) is 11.3 Å². The van der Waals surface area contributed by atoms with Crippen LogP contribution in [0, 0.1) is 0 Å². The highest BCUT2D eigenvalue weighted by Crippen LogP contribution is 2.18. The van der Waals surface area contributed by atoms with E-state index < -0.39 is 0 Å². The van der Waals surface area contributed by atoms with E-state index in [-0.39, 0.29) is 0 Å². The minimum Gasteiger partial charge on any atom is -0.305 e. The third-order valence-electron chi connectivity index (χ3n) is 2.42. The normalized spacial score (nSPS) is 12.6. The van der Waals surface area contributed by atoms with Gasteiger partial charge in [-0.1, -0.05) is 28.1 Å². The summed E-state index contributed by atoms with van der Waals surface area (Å²) in [6, 6.07) is 8.69. The largest absolute Gasteiger partial charge is 0.305 e. The molecule has 4 heteroatoms. The molecule has 0 radical (unpaired) electrons. The Kier molecular flexibility index (Phi) is 4.09. The van der Waals surface area contributed by atoms with Crippen molar-refractivity contribution in [2.24, 2.45) is 0 Å². The Labute approximate surface area is 108 Å². The Hall–Kier alpha value is -0.710. The molecule has 0 spiro atoms. The topological polar surface area (TPSA) is 24.9 Å². The summed E-state index contributed by atoms with van der Waals surface area (Å²) in [6.45, 7) is 2.98. The van der Waals surface area contributed by atoms with Crippen LogP contribution in [0.4, 0.5) is 0 Å². The van der Waals surface area contributed by atoms with Crippen LogP contribution in [-0.2, 0) is 6.54 Å². The van der Waals surface area contributed by atoms with Crippen LogP contribution in [0.1, 0.15) is 24.2 Å². The van der Waals surface area contributed by atoms with Crippen molar-refractivity contribution in [1.82, 2.24) is 10.3 Å². The van der Waals surface area contributed by atoms with Gasteiger partial charge in [0.2, 0.25) is 0 Å². The highest BCUT2D eigenvalue weighted by molar-refractivity contribution is 9.10. The molecular weight excluding hydrogens is 284 g/mol. The summed E-state index contributed by atoms with van der Waals surface area (Å²) < 4.78 is 1.12. The summed E-state index contributed by atoms with van der Waals surface area (Å²) in [4.78, 5) is 4.25. The summed E-state index contributed by atoms with van der Waals surface area (Å²) in [7, 11) is 0. The summed E-state index contributed by atoms with van der Waals surface area (Å²) in [5.41, 5.74) is 4.25. The van der Waals surface area contributed by atoms with Crippen molar-refractivity contribution in [3.63, 3.8) is 0 Å². The van der Waals surface area contributed by atoms with Crippen LogP contribution in [0.3, 0.4) is 0 Å². The van der Waals surface area contributed by atoms with Crippen molar-refractivity contribution in [3.05, 3.63) is 50.9 Å². The Morgan fingerprint density at radius 1 is 1.50 bits per heavy atom. The van der Waals surface area contributed by atoms with Gasteiger partial charge in [0, 0.05) is 22.4 Å². The van der Waals surface area contributed by atoms with Crippen molar-refractivity contribution in [1.29, 1.82) is 0 Å². The monoisotopic (exact) mass is 296 g/mol. The highest BCUT2D eigenvalue weighted by Gasteiger charge is 2.05. The van der Waals surface area contributed by atoms with Crippen LogP contribution in [0.2, 0.25) is 0 Å². The lowest BCUT2D eigenvalue weighted by Crippen LogP contribution is -2.18. The maximum absolute atomic E-state index is 4.25. The molecular formula is C12H13BrN2S. The van der Waals surface area contributed by atoms with Crippen LogP contribution in [0.15, 0.2) is 39.6 Å². The van der Waals surface area contributed by atoms with E-state index in [1.807, 2.05) is 11.6 Å². The number of nitrogens with zero attached hydrogens (tertiary/aromatic N) is 1. The van der Waals surface area contributed by atoms with E-state index in [1.54, 1.807) is 11.3 Å². The first-order chi connectivity index (χ1) is 7.75. The number of hydrogen-bond acceptors (Lipinski definition) is 3. The number of aromatic nitrogens is 1. The maximum atomic E-state index is 4.25. The number of benzene rings is 1. The van der Waals surface area contributed by atoms with E-state index in [1.165, 1.54) is 5.56 Å². The third kappa shape index (κ3) is 3.14. The number of rotatable bonds is 4. The maximum Gasteiger partial charge on any atom is 0.0795 e. The van der Waals surface area contributed by atoms with Crippen LogP contribution in [-0.4, -0.2) is 4.98 Å². The molecule has 1 unspecified atom stereocenters. The summed E-state index contributed by atoms with van der Waals surface area (Å²) >= 11 is 5.11. The minimum absolute atomic E-state index is 0.333. The summed E-state index contributed by atoms with van der Waals surface area (Å²) in [5.74, 6) is 0. The van der Waals surface area contributed by atoms with E-state index in [9.17, 15) is 0 Å². The molecule has 2 rings (SSSR count). The van der Waals surface area contributed by atoms with Gasteiger partial charge in [0.25, 0.3) is 0 Å². The molecule has 0 bridgehead atoms. The van der Waals surface area contributed by atoms with Gasteiger partial charge in [0.1, 0.15) is 0 Å². The van der Waals surface area contributed by atoms with Crippen LogP contribution < -0.4 is 5.32 Å². The molecule has 16 heavy (non-hydrogen) atoms. The predicted octanol–water partition coefficient (Wildman–Crippen LogP) is 3.76. The molecule has 0 fully saturated rings. The van der Waals surface area contributed by atoms with Crippen molar-refractivity contribution >= 4 is 27.3 Å². The second-order valence-electron chi connectivity index (χ2n) is 3.64. The molecule has 1 heterocycles. The van der Waals surface area contributed by atoms with Gasteiger partial charge in [0.05, 0.1) is 11.2 Å². The van der Waals surface area contributed by atoms with Crippen molar-refractivity contribution in [2.75, 3.05) is 0 Å². The molecule has 0 aliphatic rings. The van der Waals surface area contributed by atoms with Gasteiger partial charge < -0.3 is 5.32 Å². The zero-order chi connectivity index (χ0) is 11.4. The molecule has 1 aromatic carbocycles. The molecule has 0 aliphatic heterocycles. The Balaban J connectivity index is 1.95. The second kappa shape index (κ2) is 5.57. The minimum atomic E-state index is 0.333. The van der Waals surface area contributed by atoms with Gasteiger partial charge in [-0.25, -0.2) is 4.98 Å². The second-order valence-corrected chi connectivity index (χ2v) is 5.27. The van der Waals surface area contributed by atoms with E-state index in [4.69, 9.17) is 0 Å². The number of thiazole rings is 1. The number of halogens is 1. The molecule has 2 nitrogen and oxygen atoms in total. The lowest BCUT2D eigenvalue weighted by Gasteiger charge is -2.13. The molecule has 1 aromatic heterocycles. The van der Waals surface area contributed by atoms with Gasteiger partial charge in [-0.2, -0.15) is 0 Å². The van der Waals surface area contributed by atoms with E-state index in [2.05, 4.69) is 56.7 Å². The van der Waals surface area contributed by atoms with Crippen molar-refractivity contribution in [2.45, 2.75) is 19.5 Å². The highest BCUT2D eigenvalue weighted by atomic mass is 79.9. The quantitative estimate of drug-likeness (QED) is 0.929. The zero-order valence-electron chi connectivity index (χ0n) is 8.98. The summed E-state index contributed by atoms with van der Waals surface area (Å²) in [6.07, 6.45) is 0. The Morgan fingerprint density at radius 2 is 2.38 bits per heavy atom. The van der Waals surface area contributed by atoms with Gasteiger partial charge >= 0.3 is 0 Å². The van der Waals surface area contributed by atoms with Crippen LogP contribution in [0.5, 0.6) is 0 Å². The number of nitrogens with one attached hydrogen (secondary N) is 1. The first-order valence-corrected chi connectivity index (χ1v) is 6.85. The fraction of sp³-hybridized carbons (Fsp3) is 0.250. The fourth-order valence-corrected chi connectivity index (χ4v) is 2.45. The molecule has 1 atom stereocenters. The lowest BCUT2D eigenvalue weighted by atomic mass is 10.1. The molecule has 0 aliphatic carbocycles. The first kappa shape index (κ1) is 11.8. The standard InChI is InChI=1S/C12H13BrN2S/c1-9(10-3-2-4-11(13)5-10)14-6-12-7-16-8-15-12/h2-5,7-9,14H,6H2,1H3. The van der Waals surface area contributed by atoms with E-state index in [0.29, 0.717) is 6.04 Å². The van der Waals surface area contributed by atoms with Crippen molar-refractivity contribution < 1.29 is 0 Å². The van der Waals surface area contributed by atoms with E-state index in [0.717, 1.165) is 16.7 Å². The van der Waals surface area contributed by atoms with Crippen LogP contribution in [0.25, 0.3) is 0 Å². The van der Waals surface area contributed by atoms with Gasteiger partial charge in [0.15, 0.2) is 0 Å². The molecule has 0 saturated carbocycles. The van der Waals surface area contributed by atoms with Crippen molar-refractivity contribution in [3.8, 4) is 0 Å². The lowest BCUT2D eigenvalue weighted by molar-refractivity contribution is 0.569. The predicted molar refractivity (Wildman–Crippen MR) is 71.5 cm³/mol. The third-order valence-corrected chi connectivity index (χ3v) is 3.55.